The number of halogens is 3. The molecule has 0 unspecified atom stereocenters. The minimum atomic E-state index is -4.60. The van der Waals surface area contributed by atoms with Gasteiger partial charge in [0.15, 0.2) is 0 Å². The summed E-state index contributed by atoms with van der Waals surface area (Å²) >= 11 is 0. The standard InChI is InChI=1S/C15H14F3N3O3/c1-14(2,13(23)24)20-12(22)9-4-3-5-10(8-9)21-11(6-7-19-21)15(16,17)18/h3-8H,1-2H3,(H,20,22)(H,23,24). The van der Waals surface area contributed by atoms with Gasteiger partial charge in [0.25, 0.3) is 5.91 Å². The lowest BCUT2D eigenvalue weighted by atomic mass is 10.1. The zero-order valence-electron chi connectivity index (χ0n) is 12.8. The highest BCUT2D eigenvalue weighted by molar-refractivity contribution is 5.98. The summed E-state index contributed by atoms with van der Waals surface area (Å²) in [4.78, 5) is 23.2. The van der Waals surface area contributed by atoms with E-state index in [0.29, 0.717) is 4.68 Å². The molecule has 1 aromatic heterocycles. The number of benzene rings is 1. The predicted molar refractivity (Wildman–Crippen MR) is 77.7 cm³/mol. The second-order valence-electron chi connectivity index (χ2n) is 5.56. The molecule has 1 aromatic carbocycles. The molecule has 0 aliphatic carbocycles. The van der Waals surface area contributed by atoms with E-state index in [-0.39, 0.29) is 11.3 Å². The number of carboxylic acid groups (broad SMARTS) is 1. The fourth-order valence-corrected chi connectivity index (χ4v) is 1.91. The maximum Gasteiger partial charge on any atom is 0.433 e. The molecule has 0 radical (unpaired) electrons. The van der Waals surface area contributed by atoms with Crippen LogP contribution in [0.1, 0.15) is 29.9 Å². The van der Waals surface area contributed by atoms with Crippen LogP contribution in [0, 0.1) is 0 Å². The summed E-state index contributed by atoms with van der Waals surface area (Å²) in [7, 11) is 0. The molecule has 0 bridgehead atoms. The highest BCUT2D eigenvalue weighted by Crippen LogP contribution is 2.30. The normalized spacial score (nSPS) is 12.0. The second-order valence-corrected chi connectivity index (χ2v) is 5.56. The van der Waals surface area contributed by atoms with E-state index in [2.05, 4.69) is 10.4 Å². The van der Waals surface area contributed by atoms with Crippen LogP contribution in [0.2, 0.25) is 0 Å². The predicted octanol–water partition coefficient (Wildman–Crippen LogP) is 2.48. The number of hydrogen-bond donors (Lipinski definition) is 2. The van der Waals surface area contributed by atoms with Gasteiger partial charge in [0.2, 0.25) is 0 Å². The molecule has 0 aliphatic heterocycles. The number of rotatable bonds is 4. The Morgan fingerprint density at radius 2 is 1.88 bits per heavy atom. The fourth-order valence-electron chi connectivity index (χ4n) is 1.91. The van der Waals surface area contributed by atoms with E-state index >= 15 is 0 Å². The van der Waals surface area contributed by atoms with Gasteiger partial charge >= 0.3 is 12.1 Å². The molecule has 128 valence electrons. The molecule has 1 heterocycles. The molecule has 0 spiro atoms. The average Bonchev–Trinajstić information content (AvgIpc) is 2.96. The number of amides is 1. The lowest BCUT2D eigenvalue weighted by molar-refractivity contribution is -0.143. The van der Waals surface area contributed by atoms with Gasteiger partial charge in [-0.2, -0.15) is 18.3 Å². The maximum atomic E-state index is 12.9. The van der Waals surface area contributed by atoms with Gasteiger partial charge in [-0.1, -0.05) is 6.07 Å². The van der Waals surface area contributed by atoms with Gasteiger partial charge in [0.05, 0.1) is 11.9 Å². The first kappa shape index (κ1) is 17.5. The van der Waals surface area contributed by atoms with Crippen LogP contribution in [0.15, 0.2) is 36.5 Å². The van der Waals surface area contributed by atoms with Crippen molar-refractivity contribution in [2.45, 2.75) is 25.6 Å². The van der Waals surface area contributed by atoms with Gasteiger partial charge in [-0.25, -0.2) is 9.48 Å². The van der Waals surface area contributed by atoms with E-state index in [9.17, 15) is 22.8 Å². The SMILES string of the molecule is CC(C)(NC(=O)c1cccc(-n2nccc2C(F)(F)F)c1)C(=O)O. The summed E-state index contributed by atoms with van der Waals surface area (Å²) in [5.41, 5.74) is -2.44. The number of nitrogens with zero attached hydrogens (tertiary/aromatic N) is 2. The van der Waals surface area contributed by atoms with Gasteiger partial charge in [0, 0.05) is 5.56 Å². The lowest BCUT2D eigenvalue weighted by Crippen LogP contribution is -2.49. The van der Waals surface area contributed by atoms with Crippen LogP contribution < -0.4 is 5.32 Å². The summed E-state index contributed by atoms with van der Waals surface area (Å²) in [6, 6.07) is 6.14. The van der Waals surface area contributed by atoms with Crippen molar-refractivity contribution in [3.63, 3.8) is 0 Å². The Kier molecular flexibility index (Phi) is 4.37. The molecule has 0 aliphatic rings. The van der Waals surface area contributed by atoms with Crippen molar-refractivity contribution in [3.05, 3.63) is 47.8 Å². The zero-order valence-corrected chi connectivity index (χ0v) is 12.8. The van der Waals surface area contributed by atoms with E-state index in [0.717, 1.165) is 12.3 Å². The number of carboxylic acids is 1. The van der Waals surface area contributed by atoms with Crippen molar-refractivity contribution >= 4 is 11.9 Å². The van der Waals surface area contributed by atoms with Crippen molar-refractivity contribution in [2.24, 2.45) is 0 Å². The van der Waals surface area contributed by atoms with Gasteiger partial charge in [0.1, 0.15) is 11.2 Å². The summed E-state index contributed by atoms with van der Waals surface area (Å²) in [5, 5.41) is 14.9. The van der Waals surface area contributed by atoms with Crippen LogP contribution in [-0.4, -0.2) is 32.3 Å². The van der Waals surface area contributed by atoms with Crippen molar-refractivity contribution in [1.29, 1.82) is 0 Å². The molecule has 0 saturated heterocycles. The van der Waals surface area contributed by atoms with E-state index in [1.165, 1.54) is 38.1 Å². The Hall–Kier alpha value is -2.84. The van der Waals surface area contributed by atoms with Crippen LogP contribution in [-0.2, 0) is 11.0 Å². The first-order valence-electron chi connectivity index (χ1n) is 6.80. The zero-order chi connectivity index (χ0) is 18.1. The Balaban J connectivity index is 2.36. The van der Waals surface area contributed by atoms with Crippen molar-refractivity contribution in [3.8, 4) is 5.69 Å². The number of aromatic nitrogens is 2. The van der Waals surface area contributed by atoms with Crippen LogP contribution in [0.3, 0.4) is 0 Å². The highest BCUT2D eigenvalue weighted by Gasteiger charge is 2.35. The topological polar surface area (TPSA) is 84.2 Å². The van der Waals surface area contributed by atoms with Crippen molar-refractivity contribution in [2.75, 3.05) is 0 Å². The molecule has 9 heteroatoms. The first-order valence-corrected chi connectivity index (χ1v) is 6.80. The Bertz CT molecular complexity index is 782. The molecule has 24 heavy (non-hydrogen) atoms. The lowest BCUT2D eigenvalue weighted by Gasteiger charge is -2.21. The molecule has 0 atom stereocenters. The summed E-state index contributed by atoms with van der Waals surface area (Å²) < 4.78 is 39.5. The van der Waals surface area contributed by atoms with Gasteiger partial charge < -0.3 is 10.4 Å². The summed E-state index contributed by atoms with van der Waals surface area (Å²) in [6.45, 7) is 2.60. The van der Waals surface area contributed by atoms with Crippen LogP contribution in [0.4, 0.5) is 13.2 Å². The number of carbonyl (C=O) groups excluding carboxylic acids is 1. The molecule has 2 rings (SSSR count). The van der Waals surface area contributed by atoms with E-state index in [1.807, 2.05) is 0 Å². The van der Waals surface area contributed by atoms with Crippen LogP contribution >= 0.6 is 0 Å². The number of alkyl halides is 3. The first-order chi connectivity index (χ1) is 11.0. The quantitative estimate of drug-likeness (QED) is 0.895. The average molecular weight is 341 g/mol. The number of nitrogens with one attached hydrogen (secondary N) is 1. The van der Waals surface area contributed by atoms with Gasteiger partial charge in [-0.15, -0.1) is 0 Å². The van der Waals surface area contributed by atoms with Gasteiger partial charge in [-0.3, -0.25) is 4.79 Å². The molecular weight excluding hydrogens is 327 g/mol. The maximum absolute atomic E-state index is 12.9. The van der Waals surface area contributed by atoms with Gasteiger partial charge in [-0.05, 0) is 38.1 Å². The number of carbonyl (C=O) groups is 2. The Morgan fingerprint density at radius 1 is 1.21 bits per heavy atom. The molecule has 1 amide bonds. The molecule has 2 aromatic rings. The second kappa shape index (κ2) is 5.99. The third-order valence-electron chi connectivity index (χ3n) is 3.25. The van der Waals surface area contributed by atoms with Crippen LogP contribution in [0.5, 0.6) is 0 Å². The summed E-state index contributed by atoms with van der Waals surface area (Å²) in [6.07, 6.45) is -3.59. The van der Waals surface area contributed by atoms with Crippen molar-refractivity contribution in [1.82, 2.24) is 15.1 Å². The minimum Gasteiger partial charge on any atom is -0.480 e. The Labute approximate surface area is 134 Å². The minimum absolute atomic E-state index is 0.0189. The van der Waals surface area contributed by atoms with E-state index in [4.69, 9.17) is 5.11 Å². The monoisotopic (exact) mass is 341 g/mol. The molecule has 0 saturated carbocycles. The molecular formula is C15H14F3N3O3. The largest absolute Gasteiger partial charge is 0.480 e. The molecule has 6 nitrogen and oxygen atoms in total. The smallest absolute Gasteiger partial charge is 0.433 e. The van der Waals surface area contributed by atoms with Crippen LogP contribution in [0.25, 0.3) is 5.69 Å². The molecule has 0 fully saturated rings. The fraction of sp³-hybridized carbons (Fsp3) is 0.267. The third-order valence-corrected chi connectivity index (χ3v) is 3.25. The van der Waals surface area contributed by atoms with E-state index < -0.39 is 29.3 Å². The highest BCUT2D eigenvalue weighted by atomic mass is 19.4. The Morgan fingerprint density at radius 3 is 2.46 bits per heavy atom. The number of aliphatic carboxylic acids is 1. The molecule has 2 N–H and O–H groups in total. The number of hydrogen-bond acceptors (Lipinski definition) is 3. The summed E-state index contributed by atoms with van der Waals surface area (Å²) in [5.74, 6) is -1.96. The van der Waals surface area contributed by atoms with Crippen molar-refractivity contribution < 1.29 is 27.9 Å². The third kappa shape index (κ3) is 3.55. The van der Waals surface area contributed by atoms with E-state index in [1.54, 1.807) is 0 Å².